The average Bonchev–Trinajstić information content (AvgIpc) is 2.93. The molecule has 0 saturated carbocycles. The number of imidazole rings is 1. The molecule has 4 unspecified atom stereocenters. The smallest absolute Gasteiger partial charge is 0.180 e. The number of nitrogens with zero attached hydrogens (tertiary/aromatic N) is 4. The highest BCUT2D eigenvalue weighted by molar-refractivity contribution is 5.69. The highest BCUT2D eigenvalue weighted by Crippen LogP contribution is 2.30. The van der Waals surface area contributed by atoms with Gasteiger partial charge >= 0.3 is 0 Å². The van der Waals surface area contributed by atoms with Crippen LogP contribution in [0, 0.1) is 0 Å². The Bertz CT molecular complexity index is 560. The third kappa shape index (κ3) is 1.58. The van der Waals surface area contributed by atoms with E-state index in [0.717, 1.165) is 0 Å². The summed E-state index contributed by atoms with van der Waals surface area (Å²) in [4.78, 5) is 11.9. The lowest BCUT2D eigenvalue weighted by Crippen LogP contribution is -2.33. The maximum Gasteiger partial charge on any atom is 0.180 e. The van der Waals surface area contributed by atoms with E-state index in [1.807, 2.05) is 0 Å². The molecule has 4 atom stereocenters. The molecule has 0 amide bonds. The summed E-state index contributed by atoms with van der Waals surface area (Å²) in [5.74, 6) is 0. The van der Waals surface area contributed by atoms with E-state index in [4.69, 9.17) is 9.84 Å². The van der Waals surface area contributed by atoms with Crippen LogP contribution in [0.5, 0.6) is 0 Å². The first kappa shape index (κ1) is 11.5. The van der Waals surface area contributed by atoms with E-state index >= 15 is 0 Å². The van der Waals surface area contributed by atoms with Crippen LogP contribution in [-0.4, -0.2) is 59.8 Å². The fraction of sp³-hybridized carbons (Fsp3) is 0.500. The third-order valence-corrected chi connectivity index (χ3v) is 3.05. The summed E-state index contributed by atoms with van der Waals surface area (Å²) in [6.07, 6.45) is 0.475. The van der Waals surface area contributed by atoms with Crippen LogP contribution in [-0.2, 0) is 4.74 Å². The van der Waals surface area contributed by atoms with E-state index in [0.29, 0.717) is 11.2 Å². The van der Waals surface area contributed by atoms with Gasteiger partial charge in [-0.15, -0.1) is 0 Å². The van der Waals surface area contributed by atoms with E-state index < -0.39 is 24.5 Å². The molecule has 1 aliphatic rings. The zero-order chi connectivity index (χ0) is 12.7. The zero-order valence-electron chi connectivity index (χ0n) is 9.29. The molecule has 96 valence electrons. The second kappa shape index (κ2) is 4.25. The molecule has 3 rings (SSSR count). The van der Waals surface area contributed by atoms with Crippen molar-refractivity contribution < 1.29 is 20.1 Å². The van der Waals surface area contributed by atoms with Crippen molar-refractivity contribution in [2.75, 3.05) is 6.61 Å². The van der Waals surface area contributed by atoms with Crippen molar-refractivity contribution >= 4 is 11.2 Å². The summed E-state index contributed by atoms with van der Waals surface area (Å²) in [6, 6.07) is 0. The predicted molar refractivity (Wildman–Crippen MR) is 58.3 cm³/mol. The summed E-state index contributed by atoms with van der Waals surface area (Å²) in [7, 11) is 0. The molecule has 0 radical (unpaired) electrons. The molecule has 0 bridgehead atoms. The standard InChI is InChI=1S/C10H12N4O4/c15-2-6-7(16)8(17)10(18-6)14-4-13-9-5(14)1-11-3-12-9/h1,3-4,6-8,10,15-17H,2H2. The van der Waals surface area contributed by atoms with Gasteiger partial charge in [-0.2, -0.15) is 0 Å². The quantitative estimate of drug-likeness (QED) is 0.592. The van der Waals surface area contributed by atoms with Gasteiger partial charge in [0.05, 0.1) is 19.1 Å². The molecule has 0 aromatic carbocycles. The summed E-state index contributed by atoms with van der Waals surface area (Å²) in [6.45, 7) is -0.363. The summed E-state index contributed by atoms with van der Waals surface area (Å²) in [5, 5.41) is 28.7. The van der Waals surface area contributed by atoms with Crippen molar-refractivity contribution in [2.24, 2.45) is 0 Å². The minimum atomic E-state index is -1.14. The number of aliphatic hydroxyl groups is 3. The first-order valence-electron chi connectivity index (χ1n) is 5.47. The molecular weight excluding hydrogens is 240 g/mol. The van der Waals surface area contributed by atoms with Crippen molar-refractivity contribution in [3.05, 3.63) is 18.9 Å². The first-order valence-corrected chi connectivity index (χ1v) is 5.47. The Kier molecular flexibility index (Phi) is 2.71. The van der Waals surface area contributed by atoms with Gasteiger partial charge in [0.25, 0.3) is 0 Å². The van der Waals surface area contributed by atoms with E-state index in [1.54, 1.807) is 10.8 Å². The fourth-order valence-electron chi connectivity index (χ4n) is 2.09. The van der Waals surface area contributed by atoms with Gasteiger partial charge < -0.3 is 20.1 Å². The number of rotatable bonds is 2. The lowest BCUT2D eigenvalue weighted by Gasteiger charge is -2.16. The van der Waals surface area contributed by atoms with E-state index in [1.165, 1.54) is 12.7 Å². The van der Waals surface area contributed by atoms with Gasteiger partial charge in [-0.05, 0) is 0 Å². The van der Waals surface area contributed by atoms with Crippen LogP contribution in [0.15, 0.2) is 18.9 Å². The van der Waals surface area contributed by atoms with Crippen molar-refractivity contribution in [1.82, 2.24) is 19.5 Å². The highest BCUT2D eigenvalue weighted by Gasteiger charge is 2.43. The van der Waals surface area contributed by atoms with Gasteiger partial charge in [0.2, 0.25) is 0 Å². The molecule has 3 N–H and O–H groups in total. The average molecular weight is 252 g/mol. The van der Waals surface area contributed by atoms with E-state index in [-0.39, 0.29) is 6.61 Å². The zero-order valence-corrected chi connectivity index (χ0v) is 9.29. The Balaban J connectivity index is 2.00. The Labute approximate surface area is 102 Å². The molecule has 3 heterocycles. The lowest BCUT2D eigenvalue weighted by molar-refractivity contribution is -0.0509. The van der Waals surface area contributed by atoms with Gasteiger partial charge in [-0.1, -0.05) is 0 Å². The van der Waals surface area contributed by atoms with Crippen molar-refractivity contribution in [3.8, 4) is 0 Å². The molecule has 8 heteroatoms. The van der Waals surface area contributed by atoms with Gasteiger partial charge in [-0.3, -0.25) is 4.57 Å². The summed E-state index contributed by atoms with van der Waals surface area (Å²) >= 11 is 0. The molecule has 0 aliphatic carbocycles. The Morgan fingerprint density at radius 1 is 1.28 bits per heavy atom. The van der Waals surface area contributed by atoms with E-state index in [2.05, 4.69) is 15.0 Å². The lowest BCUT2D eigenvalue weighted by atomic mass is 10.1. The first-order chi connectivity index (χ1) is 8.72. The Morgan fingerprint density at radius 3 is 2.83 bits per heavy atom. The molecule has 2 aromatic heterocycles. The van der Waals surface area contributed by atoms with Crippen LogP contribution in [0.3, 0.4) is 0 Å². The monoisotopic (exact) mass is 252 g/mol. The van der Waals surface area contributed by atoms with Gasteiger partial charge in [0, 0.05) is 0 Å². The number of aromatic nitrogens is 4. The summed E-state index contributed by atoms with van der Waals surface area (Å²) in [5.41, 5.74) is 1.06. The predicted octanol–water partition coefficient (Wildman–Crippen LogP) is -1.56. The molecule has 1 aliphatic heterocycles. The van der Waals surface area contributed by atoms with Crippen molar-refractivity contribution in [2.45, 2.75) is 24.5 Å². The second-order valence-electron chi connectivity index (χ2n) is 4.11. The maximum absolute atomic E-state index is 9.91. The SMILES string of the molecule is OCC1OC(n2cnc3ncncc32)C(O)C1O. The number of aliphatic hydroxyl groups excluding tert-OH is 3. The van der Waals surface area contributed by atoms with Crippen LogP contribution in [0.2, 0.25) is 0 Å². The molecular formula is C10H12N4O4. The molecule has 8 nitrogen and oxygen atoms in total. The van der Waals surface area contributed by atoms with Gasteiger partial charge in [0.1, 0.15) is 30.2 Å². The fourth-order valence-corrected chi connectivity index (χ4v) is 2.09. The van der Waals surface area contributed by atoms with E-state index in [9.17, 15) is 10.2 Å². The molecule has 0 spiro atoms. The number of hydrogen-bond donors (Lipinski definition) is 3. The maximum atomic E-state index is 9.91. The number of hydrogen-bond acceptors (Lipinski definition) is 7. The minimum Gasteiger partial charge on any atom is -0.394 e. The van der Waals surface area contributed by atoms with Gasteiger partial charge in [0.15, 0.2) is 11.9 Å². The topological polar surface area (TPSA) is 114 Å². The van der Waals surface area contributed by atoms with Crippen molar-refractivity contribution in [1.29, 1.82) is 0 Å². The van der Waals surface area contributed by atoms with Crippen LogP contribution in [0.1, 0.15) is 6.23 Å². The van der Waals surface area contributed by atoms with Crippen LogP contribution >= 0.6 is 0 Å². The molecule has 1 saturated heterocycles. The molecule has 1 fully saturated rings. The summed E-state index contributed by atoms with van der Waals surface area (Å²) < 4.78 is 6.95. The normalized spacial score (nSPS) is 32.2. The second-order valence-corrected chi connectivity index (χ2v) is 4.11. The third-order valence-electron chi connectivity index (χ3n) is 3.05. The van der Waals surface area contributed by atoms with Gasteiger partial charge in [-0.25, -0.2) is 15.0 Å². The Hall–Kier alpha value is -1.61. The highest BCUT2D eigenvalue weighted by atomic mass is 16.6. The Morgan fingerprint density at radius 2 is 2.11 bits per heavy atom. The van der Waals surface area contributed by atoms with Crippen LogP contribution in [0.4, 0.5) is 0 Å². The molecule has 2 aromatic rings. The van der Waals surface area contributed by atoms with Crippen LogP contribution in [0.25, 0.3) is 11.2 Å². The minimum absolute atomic E-state index is 0.363. The largest absolute Gasteiger partial charge is 0.394 e. The molecule has 18 heavy (non-hydrogen) atoms. The number of fused-ring (bicyclic) bond motifs is 1. The number of ether oxygens (including phenoxy) is 1. The van der Waals surface area contributed by atoms with Crippen LogP contribution < -0.4 is 0 Å². The van der Waals surface area contributed by atoms with Crippen molar-refractivity contribution in [3.63, 3.8) is 0 Å².